The summed E-state index contributed by atoms with van der Waals surface area (Å²) in [5, 5.41) is 0.529. The Morgan fingerprint density at radius 3 is 2.36 bits per heavy atom. The number of carbonyl (C=O) groups excluding carboxylic acids is 2. The lowest BCUT2D eigenvalue weighted by atomic mass is 10.0. The fourth-order valence-corrected chi connectivity index (χ4v) is 4.27. The molecule has 0 unspecified atom stereocenters. The van der Waals surface area contributed by atoms with Crippen LogP contribution in [0.5, 0.6) is 0 Å². The van der Waals surface area contributed by atoms with Crippen molar-refractivity contribution in [1.29, 1.82) is 0 Å². The second-order valence-electron chi connectivity index (χ2n) is 8.78. The van der Waals surface area contributed by atoms with Crippen LogP contribution in [0.15, 0.2) is 35.5 Å². The van der Waals surface area contributed by atoms with Crippen molar-refractivity contribution < 1.29 is 22.8 Å². The Balaban J connectivity index is 1.75. The molecule has 0 aliphatic carbocycles. The van der Waals surface area contributed by atoms with E-state index < -0.39 is 23.8 Å². The maximum atomic E-state index is 14.7. The van der Waals surface area contributed by atoms with Crippen LogP contribution in [0.3, 0.4) is 0 Å². The average Bonchev–Trinajstić information content (AvgIpc) is 2.86. The molecule has 1 aliphatic rings. The number of fused-ring (bicyclic) bond motifs is 1. The van der Waals surface area contributed by atoms with Gasteiger partial charge < -0.3 is 14.4 Å². The number of benzene rings is 1. The summed E-state index contributed by atoms with van der Waals surface area (Å²) >= 11 is 0. The van der Waals surface area contributed by atoms with Crippen molar-refractivity contribution in [2.24, 2.45) is 12.0 Å². The van der Waals surface area contributed by atoms with Gasteiger partial charge >= 0.3 is 0 Å². The molecule has 1 saturated heterocycles. The van der Waals surface area contributed by atoms with Crippen LogP contribution in [0, 0.1) is 12.7 Å². The van der Waals surface area contributed by atoms with Crippen LogP contribution in [-0.4, -0.2) is 62.3 Å². The molecule has 3 heterocycles. The Morgan fingerprint density at radius 2 is 1.72 bits per heavy atom. The zero-order valence-corrected chi connectivity index (χ0v) is 20.5. The van der Waals surface area contributed by atoms with Crippen molar-refractivity contribution in [2.75, 3.05) is 26.2 Å². The van der Waals surface area contributed by atoms with Gasteiger partial charge in [-0.1, -0.05) is 18.2 Å². The van der Waals surface area contributed by atoms with Gasteiger partial charge in [-0.15, -0.1) is 0 Å². The Morgan fingerprint density at radius 1 is 1.08 bits per heavy atom. The van der Waals surface area contributed by atoms with E-state index in [9.17, 15) is 22.8 Å². The molecule has 1 aromatic carbocycles. The summed E-state index contributed by atoms with van der Waals surface area (Å²) in [4.78, 5) is 41.5. The summed E-state index contributed by atoms with van der Waals surface area (Å²) in [5.74, 6) is -0.696. The predicted molar refractivity (Wildman–Crippen MR) is 127 cm³/mol. The van der Waals surface area contributed by atoms with Crippen LogP contribution < -0.4 is 5.49 Å². The number of amides is 2. The highest BCUT2D eigenvalue weighted by molar-refractivity contribution is 5.95. The van der Waals surface area contributed by atoms with E-state index in [4.69, 9.17) is 0 Å². The molecule has 1 atom stereocenters. The number of alkyl halides is 2. The first-order valence-corrected chi connectivity index (χ1v) is 11.6. The van der Waals surface area contributed by atoms with Crippen LogP contribution in [-0.2, 0) is 11.8 Å². The standard InChI is InChI=1S/C25H27F3N6O2/c1-14(17-6-5-7-18(22(17)26)23(27)28)30-24-19-12-20(29-13-21(19)32(4)15(2)31-24)25(36)34-10-8-33(9-11-34)16(3)35/h5-7,12-14,23H,8-11H2,1-4H3/t14-/m1/s1. The molecule has 3 aromatic rings. The quantitative estimate of drug-likeness (QED) is 0.550. The number of piperazine rings is 1. The van der Waals surface area contributed by atoms with Gasteiger partial charge in [-0.05, 0) is 19.9 Å². The molecule has 8 nitrogen and oxygen atoms in total. The minimum absolute atomic E-state index is 0.0299. The number of carbonyl (C=O) groups is 2. The van der Waals surface area contributed by atoms with Crippen molar-refractivity contribution in [3.05, 3.63) is 64.4 Å². The van der Waals surface area contributed by atoms with Crippen molar-refractivity contribution in [1.82, 2.24) is 24.3 Å². The maximum absolute atomic E-state index is 14.7. The molecule has 0 N–H and O–H groups in total. The van der Waals surface area contributed by atoms with Gasteiger partial charge in [-0.3, -0.25) is 14.6 Å². The van der Waals surface area contributed by atoms with Crippen molar-refractivity contribution >= 4 is 22.7 Å². The fraction of sp³-hybridized carbons (Fsp3) is 0.400. The first-order valence-electron chi connectivity index (χ1n) is 11.6. The lowest BCUT2D eigenvalue weighted by molar-refractivity contribution is -0.130. The molecular weight excluding hydrogens is 473 g/mol. The minimum Gasteiger partial charge on any atom is -0.339 e. The van der Waals surface area contributed by atoms with Crippen molar-refractivity contribution in [3.63, 3.8) is 0 Å². The molecule has 0 bridgehead atoms. The molecule has 2 aromatic heterocycles. The van der Waals surface area contributed by atoms with E-state index in [1.54, 1.807) is 47.5 Å². The highest BCUT2D eigenvalue weighted by atomic mass is 19.3. The van der Waals surface area contributed by atoms with Gasteiger partial charge in [0.25, 0.3) is 12.3 Å². The lowest BCUT2D eigenvalue weighted by Crippen LogP contribution is -2.50. The van der Waals surface area contributed by atoms with Crippen LogP contribution >= 0.6 is 0 Å². The molecule has 11 heteroatoms. The lowest BCUT2D eigenvalue weighted by Gasteiger charge is -2.34. The predicted octanol–water partition coefficient (Wildman–Crippen LogP) is 3.32. The van der Waals surface area contributed by atoms with Crippen molar-refractivity contribution in [2.45, 2.75) is 33.2 Å². The Hall–Kier alpha value is -3.76. The molecule has 2 amide bonds. The summed E-state index contributed by atoms with van der Waals surface area (Å²) < 4.78 is 42.9. The number of rotatable bonds is 4. The fourth-order valence-electron chi connectivity index (χ4n) is 4.27. The topological polar surface area (TPSA) is 83.7 Å². The summed E-state index contributed by atoms with van der Waals surface area (Å²) in [6.07, 6.45) is -1.38. The molecule has 0 radical (unpaired) electrons. The zero-order chi connectivity index (χ0) is 26.1. The molecular formula is C25H27F3N6O2. The molecule has 1 aliphatic heterocycles. The van der Waals surface area contributed by atoms with Gasteiger partial charge in [0.05, 0.1) is 23.3 Å². The highest BCUT2D eigenvalue weighted by Gasteiger charge is 2.25. The third kappa shape index (κ3) is 4.82. The van der Waals surface area contributed by atoms with Gasteiger partial charge in [0, 0.05) is 51.1 Å². The summed E-state index contributed by atoms with van der Waals surface area (Å²) in [6.45, 7) is 6.56. The normalized spacial score (nSPS) is 15.6. The molecule has 1 fully saturated rings. The number of hydrogen-bond donors (Lipinski definition) is 0. The number of aryl methyl sites for hydroxylation is 2. The van der Waals surface area contributed by atoms with Gasteiger partial charge in [-0.25, -0.2) is 23.1 Å². The zero-order valence-electron chi connectivity index (χ0n) is 20.5. The SMILES string of the molecule is CC(=O)N1CCN(C(=O)c2cc3c(=N[C@H](C)c4cccc(C(F)F)c4F)nc(C)n(C)c3cn2)CC1. The number of nitrogens with zero attached hydrogens (tertiary/aromatic N) is 6. The third-order valence-corrected chi connectivity index (χ3v) is 6.53. The number of aromatic nitrogens is 3. The Labute approximate surface area is 206 Å². The van der Waals surface area contributed by atoms with Crippen LogP contribution in [0.2, 0.25) is 0 Å². The Kier molecular flexibility index (Phi) is 7.09. The molecule has 190 valence electrons. The van der Waals surface area contributed by atoms with E-state index in [1.807, 2.05) is 0 Å². The van der Waals surface area contributed by atoms with E-state index in [1.165, 1.54) is 19.1 Å². The van der Waals surface area contributed by atoms with Crippen molar-refractivity contribution in [3.8, 4) is 0 Å². The van der Waals surface area contributed by atoms with E-state index in [0.717, 1.165) is 6.07 Å². The number of halogens is 3. The van der Waals surface area contributed by atoms with Gasteiger partial charge in [0.1, 0.15) is 17.3 Å². The molecule has 0 spiro atoms. The van der Waals surface area contributed by atoms with Crippen LogP contribution in [0.4, 0.5) is 13.2 Å². The van der Waals surface area contributed by atoms with E-state index >= 15 is 0 Å². The second kappa shape index (κ2) is 10.1. The smallest absolute Gasteiger partial charge is 0.272 e. The monoisotopic (exact) mass is 500 g/mol. The third-order valence-electron chi connectivity index (χ3n) is 6.53. The maximum Gasteiger partial charge on any atom is 0.272 e. The molecule has 0 saturated carbocycles. The Bertz CT molecular complexity index is 1400. The van der Waals surface area contributed by atoms with E-state index in [0.29, 0.717) is 42.9 Å². The number of hydrogen-bond acceptors (Lipinski definition) is 5. The summed E-state index contributed by atoms with van der Waals surface area (Å²) in [6, 6.07) is 4.64. The van der Waals surface area contributed by atoms with Crippen LogP contribution in [0.1, 0.15) is 53.8 Å². The first kappa shape index (κ1) is 25.3. The van der Waals surface area contributed by atoms with Crippen LogP contribution in [0.25, 0.3) is 10.9 Å². The minimum atomic E-state index is -2.94. The summed E-state index contributed by atoms with van der Waals surface area (Å²) in [5.41, 5.74) is 0.465. The first-order chi connectivity index (χ1) is 17.1. The van der Waals surface area contributed by atoms with E-state index in [2.05, 4.69) is 15.0 Å². The highest BCUT2D eigenvalue weighted by Crippen LogP contribution is 2.28. The van der Waals surface area contributed by atoms with E-state index in [-0.39, 0.29) is 28.6 Å². The van der Waals surface area contributed by atoms with Gasteiger partial charge in [0.15, 0.2) is 5.49 Å². The largest absolute Gasteiger partial charge is 0.339 e. The van der Waals surface area contributed by atoms with Gasteiger partial charge in [0.2, 0.25) is 5.91 Å². The molecule has 4 rings (SSSR count). The van der Waals surface area contributed by atoms with Gasteiger partial charge in [-0.2, -0.15) is 0 Å². The summed E-state index contributed by atoms with van der Waals surface area (Å²) in [7, 11) is 1.80. The molecule has 36 heavy (non-hydrogen) atoms. The number of pyridine rings is 1. The average molecular weight is 501 g/mol. The second-order valence-corrected chi connectivity index (χ2v) is 8.78.